The smallest absolute Gasteiger partial charge is 0.0533 e. The lowest BCUT2D eigenvalue weighted by Gasteiger charge is -2.04. The Hall–Kier alpha value is -1.05. The van der Waals surface area contributed by atoms with Gasteiger partial charge in [0.25, 0.3) is 0 Å². The maximum absolute atomic E-state index is 4.25. The number of allylic oxidation sites excluding steroid dienone is 2. The topological polar surface area (TPSA) is 15.6 Å². The monoisotopic (exact) mass is 152 g/mol. The third-order valence-electron chi connectivity index (χ3n) is 1.09. The third-order valence-corrected chi connectivity index (χ3v) is 1.09. The van der Waals surface area contributed by atoms with Crippen molar-refractivity contribution in [2.75, 3.05) is 14.1 Å². The van der Waals surface area contributed by atoms with E-state index in [9.17, 15) is 0 Å². The molecule has 0 aliphatic heterocycles. The summed E-state index contributed by atoms with van der Waals surface area (Å²) < 4.78 is 0. The lowest BCUT2D eigenvalue weighted by Crippen LogP contribution is -2.01. The molecule has 0 aromatic heterocycles. The van der Waals surface area contributed by atoms with E-state index < -0.39 is 0 Å². The second-order valence-electron chi connectivity index (χ2n) is 2.69. The Balaban J connectivity index is 4.26. The molecule has 0 aromatic rings. The molecule has 0 heterocycles. The highest BCUT2D eigenvalue weighted by molar-refractivity contribution is 5.92. The molecule has 0 saturated heterocycles. The molecular weight excluding hydrogens is 136 g/mol. The van der Waals surface area contributed by atoms with Crippen molar-refractivity contribution in [1.82, 2.24) is 4.90 Å². The summed E-state index contributed by atoms with van der Waals surface area (Å²) in [6, 6.07) is 0. The van der Waals surface area contributed by atoms with Crippen molar-refractivity contribution < 1.29 is 0 Å². The second kappa shape index (κ2) is 4.72. The molecule has 0 fully saturated rings. The second-order valence-corrected chi connectivity index (χ2v) is 2.69. The van der Waals surface area contributed by atoms with Gasteiger partial charge in [0.2, 0.25) is 0 Å². The van der Waals surface area contributed by atoms with Crippen LogP contribution in [0.25, 0.3) is 0 Å². The van der Waals surface area contributed by atoms with Gasteiger partial charge in [-0.2, -0.15) is 0 Å². The van der Waals surface area contributed by atoms with Gasteiger partial charge in [0.1, 0.15) is 0 Å². The highest BCUT2D eigenvalue weighted by Crippen LogP contribution is 1.96. The quantitative estimate of drug-likeness (QED) is 0.565. The van der Waals surface area contributed by atoms with Crippen LogP contribution in [0.4, 0.5) is 0 Å². The summed E-state index contributed by atoms with van der Waals surface area (Å²) in [5.41, 5.74) is 1.94. The maximum atomic E-state index is 4.25. The van der Waals surface area contributed by atoms with Crippen LogP contribution in [0.3, 0.4) is 0 Å². The number of hydrogen-bond donors (Lipinski definition) is 0. The Morgan fingerprint density at radius 2 is 1.91 bits per heavy atom. The SMILES string of the molecule is C=CC(C)=N/C(C)=C\N(C)C. The highest BCUT2D eigenvalue weighted by Gasteiger charge is 1.86. The predicted molar refractivity (Wildman–Crippen MR) is 50.8 cm³/mol. The molecule has 2 heteroatoms. The Morgan fingerprint density at radius 3 is 2.27 bits per heavy atom. The molecule has 0 aliphatic rings. The van der Waals surface area contributed by atoms with Gasteiger partial charge in [-0.1, -0.05) is 6.58 Å². The Bertz CT molecular complexity index is 188. The van der Waals surface area contributed by atoms with E-state index in [1.807, 2.05) is 39.0 Å². The lowest BCUT2D eigenvalue weighted by molar-refractivity contribution is 0.557. The van der Waals surface area contributed by atoms with E-state index in [1.54, 1.807) is 6.08 Å². The lowest BCUT2D eigenvalue weighted by atomic mass is 10.4. The summed E-state index contributed by atoms with van der Waals surface area (Å²) in [4.78, 5) is 6.22. The summed E-state index contributed by atoms with van der Waals surface area (Å²) >= 11 is 0. The molecule has 11 heavy (non-hydrogen) atoms. The first-order valence-electron chi connectivity index (χ1n) is 3.59. The van der Waals surface area contributed by atoms with Gasteiger partial charge in [0.15, 0.2) is 0 Å². The molecule has 0 spiro atoms. The Morgan fingerprint density at radius 1 is 1.36 bits per heavy atom. The normalized spacial score (nSPS) is 13.1. The van der Waals surface area contributed by atoms with Crippen molar-refractivity contribution in [2.45, 2.75) is 13.8 Å². The third kappa shape index (κ3) is 5.40. The van der Waals surface area contributed by atoms with Crippen LogP contribution in [-0.2, 0) is 0 Å². The largest absolute Gasteiger partial charge is 0.382 e. The predicted octanol–water partition coefficient (Wildman–Crippen LogP) is 2.06. The van der Waals surface area contributed by atoms with Gasteiger partial charge in [-0.3, -0.25) is 4.99 Å². The molecule has 0 unspecified atom stereocenters. The zero-order chi connectivity index (χ0) is 8.85. The van der Waals surface area contributed by atoms with Crippen molar-refractivity contribution in [3.63, 3.8) is 0 Å². The summed E-state index contributed by atoms with van der Waals surface area (Å²) in [6.45, 7) is 7.52. The van der Waals surface area contributed by atoms with Crippen molar-refractivity contribution in [1.29, 1.82) is 0 Å². The van der Waals surface area contributed by atoms with Crippen molar-refractivity contribution in [2.24, 2.45) is 4.99 Å². The van der Waals surface area contributed by atoms with E-state index in [2.05, 4.69) is 11.6 Å². The fraction of sp³-hybridized carbons (Fsp3) is 0.444. The van der Waals surface area contributed by atoms with Crippen LogP contribution in [0.1, 0.15) is 13.8 Å². The van der Waals surface area contributed by atoms with Crippen molar-refractivity contribution in [3.05, 3.63) is 24.6 Å². The Labute approximate surface area is 68.9 Å². The van der Waals surface area contributed by atoms with Gasteiger partial charge in [-0.25, -0.2) is 0 Å². The number of rotatable bonds is 3. The maximum Gasteiger partial charge on any atom is 0.0533 e. The molecule has 2 nitrogen and oxygen atoms in total. The minimum absolute atomic E-state index is 0.945. The molecule has 0 rings (SSSR count). The van der Waals surface area contributed by atoms with Crippen LogP contribution in [0, 0.1) is 0 Å². The van der Waals surface area contributed by atoms with Crippen LogP contribution in [0.5, 0.6) is 0 Å². The highest BCUT2D eigenvalue weighted by atomic mass is 15.0. The fourth-order valence-electron chi connectivity index (χ4n) is 0.726. The molecule has 0 aliphatic carbocycles. The van der Waals surface area contributed by atoms with E-state index in [0.29, 0.717) is 0 Å². The molecule has 0 amide bonds. The van der Waals surface area contributed by atoms with Crippen LogP contribution in [0.2, 0.25) is 0 Å². The number of nitrogens with zero attached hydrogens (tertiary/aromatic N) is 2. The molecule has 0 radical (unpaired) electrons. The minimum Gasteiger partial charge on any atom is -0.382 e. The van der Waals surface area contributed by atoms with E-state index in [-0.39, 0.29) is 0 Å². The van der Waals surface area contributed by atoms with Crippen LogP contribution in [-0.4, -0.2) is 24.7 Å². The summed E-state index contributed by atoms with van der Waals surface area (Å²) in [6.07, 6.45) is 3.71. The van der Waals surface area contributed by atoms with Crippen molar-refractivity contribution >= 4 is 5.71 Å². The zero-order valence-corrected chi connectivity index (χ0v) is 7.76. The molecule has 0 aromatic carbocycles. The standard InChI is InChI=1S/C9H16N2/c1-6-8(2)10-9(3)7-11(4)5/h6-7H,1H2,2-5H3/b9-7-,10-8?. The van der Waals surface area contributed by atoms with Crippen LogP contribution >= 0.6 is 0 Å². The first-order valence-corrected chi connectivity index (χ1v) is 3.59. The van der Waals surface area contributed by atoms with Gasteiger partial charge < -0.3 is 4.90 Å². The summed E-state index contributed by atoms with van der Waals surface area (Å²) in [5, 5.41) is 0. The van der Waals surface area contributed by atoms with E-state index >= 15 is 0 Å². The molecule has 62 valence electrons. The molecule has 0 bridgehead atoms. The van der Waals surface area contributed by atoms with Crippen molar-refractivity contribution in [3.8, 4) is 0 Å². The first kappa shape index (κ1) is 9.95. The molecule has 0 atom stereocenters. The van der Waals surface area contributed by atoms with Crippen LogP contribution in [0.15, 0.2) is 29.5 Å². The van der Waals surface area contributed by atoms with E-state index in [0.717, 1.165) is 11.4 Å². The summed E-state index contributed by atoms with van der Waals surface area (Å²) in [5.74, 6) is 0. The average Bonchev–Trinajstić information content (AvgIpc) is 1.85. The molecular formula is C9H16N2. The zero-order valence-electron chi connectivity index (χ0n) is 7.76. The van der Waals surface area contributed by atoms with Gasteiger partial charge >= 0.3 is 0 Å². The summed E-state index contributed by atoms with van der Waals surface area (Å²) in [7, 11) is 3.95. The van der Waals surface area contributed by atoms with Gasteiger partial charge in [0.05, 0.1) is 5.70 Å². The van der Waals surface area contributed by atoms with Gasteiger partial charge in [0, 0.05) is 26.0 Å². The first-order chi connectivity index (χ1) is 5.06. The van der Waals surface area contributed by atoms with Crippen LogP contribution < -0.4 is 0 Å². The van der Waals surface area contributed by atoms with Gasteiger partial charge in [-0.05, 0) is 19.9 Å². The Kier molecular flexibility index (Phi) is 4.27. The van der Waals surface area contributed by atoms with Gasteiger partial charge in [-0.15, -0.1) is 0 Å². The van der Waals surface area contributed by atoms with E-state index in [4.69, 9.17) is 0 Å². The average molecular weight is 152 g/mol. The fourth-order valence-corrected chi connectivity index (χ4v) is 0.726. The molecule has 0 N–H and O–H groups in total. The minimum atomic E-state index is 0.945. The number of aliphatic imine (C=N–C) groups is 1. The number of hydrogen-bond acceptors (Lipinski definition) is 2. The van der Waals surface area contributed by atoms with E-state index in [1.165, 1.54) is 0 Å². The molecule has 0 saturated carbocycles.